The lowest BCUT2D eigenvalue weighted by molar-refractivity contribution is 0.484. The molecule has 0 aliphatic heterocycles. The Kier molecular flexibility index (Phi) is 6.09. The fraction of sp³-hybridized carbons (Fsp3) is 0.296. The molecule has 1 heterocycles. The summed E-state index contributed by atoms with van der Waals surface area (Å²) in [4.78, 5) is 8.73. The summed E-state index contributed by atoms with van der Waals surface area (Å²) in [5, 5.41) is 2.53. The van der Waals surface area contributed by atoms with Crippen LogP contribution >= 0.6 is 0 Å². The lowest BCUT2D eigenvalue weighted by atomic mass is 9.98. The van der Waals surface area contributed by atoms with Crippen molar-refractivity contribution in [2.24, 2.45) is 5.92 Å². The third kappa shape index (κ3) is 4.42. The molecular weight excluding hydrogens is 352 g/mol. The molecule has 0 saturated carbocycles. The number of hydrogen-bond donors (Lipinski definition) is 1. The zero-order valence-corrected chi connectivity index (χ0v) is 17.5. The molecule has 148 valence electrons. The van der Waals surface area contributed by atoms with Gasteiger partial charge in [-0.05, 0) is 29.5 Å². The molecule has 1 atom stereocenters. The molecule has 0 saturated heterocycles. The Bertz CT molecular complexity index is 1060. The van der Waals surface area contributed by atoms with Gasteiger partial charge in [0, 0.05) is 16.8 Å². The zero-order valence-electron chi connectivity index (χ0n) is 17.5. The Morgan fingerprint density at radius 1 is 0.862 bits per heavy atom. The van der Waals surface area contributed by atoms with E-state index in [0.717, 1.165) is 29.4 Å². The van der Waals surface area contributed by atoms with Gasteiger partial charge in [0.25, 0.3) is 0 Å². The second-order valence-electron chi connectivity index (χ2n) is 8.06. The molecule has 2 heteroatoms. The molecule has 1 unspecified atom stereocenters. The molecule has 4 aromatic rings. The first-order valence-electron chi connectivity index (χ1n) is 10.9. The standard InChI is InChI=1S/C27H30N2/c1-3-20(2)12-7-10-19-25-26(29-27(28-25)22-14-5-4-6-15-22)24-18-11-16-21-13-8-9-17-23(21)24/h4-6,8-9,11,13-18,20H,3,7,10,12,19H2,1-2H3,(H,28,29). The van der Waals surface area contributed by atoms with Gasteiger partial charge in [-0.1, -0.05) is 106 Å². The van der Waals surface area contributed by atoms with Gasteiger partial charge in [0.05, 0.1) is 5.69 Å². The van der Waals surface area contributed by atoms with E-state index in [1.54, 1.807) is 0 Å². The van der Waals surface area contributed by atoms with Crippen LogP contribution in [0.5, 0.6) is 0 Å². The minimum atomic E-state index is 0.814. The van der Waals surface area contributed by atoms with Gasteiger partial charge in [0.15, 0.2) is 0 Å². The number of fused-ring (bicyclic) bond motifs is 1. The van der Waals surface area contributed by atoms with Crippen LogP contribution in [0.25, 0.3) is 33.4 Å². The normalized spacial score (nSPS) is 12.3. The minimum Gasteiger partial charge on any atom is -0.341 e. The van der Waals surface area contributed by atoms with Crippen molar-refractivity contribution in [3.63, 3.8) is 0 Å². The number of aromatic nitrogens is 2. The molecular formula is C27H30N2. The van der Waals surface area contributed by atoms with Crippen LogP contribution in [0.1, 0.15) is 45.2 Å². The van der Waals surface area contributed by atoms with Crippen molar-refractivity contribution < 1.29 is 0 Å². The Labute approximate surface area is 174 Å². The number of hydrogen-bond acceptors (Lipinski definition) is 1. The fourth-order valence-corrected chi connectivity index (χ4v) is 3.98. The van der Waals surface area contributed by atoms with E-state index in [0.29, 0.717) is 0 Å². The van der Waals surface area contributed by atoms with Crippen LogP contribution in [-0.4, -0.2) is 9.97 Å². The molecule has 2 nitrogen and oxygen atoms in total. The van der Waals surface area contributed by atoms with Crippen LogP contribution in [0.2, 0.25) is 0 Å². The maximum Gasteiger partial charge on any atom is 0.138 e. The third-order valence-electron chi connectivity index (χ3n) is 5.94. The maximum absolute atomic E-state index is 5.08. The zero-order chi connectivity index (χ0) is 20.1. The van der Waals surface area contributed by atoms with Crippen LogP contribution < -0.4 is 0 Å². The summed E-state index contributed by atoms with van der Waals surface area (Å²) in [5.74, 6) is 1.78. The van der Waals surface area contributed by atoms with Gasteiger partial charge in [-0.3, -0.25) is 0 Å². The van der Waals surface area contributed by atoms with Crippen molar-refractivity contribution in [3.05, 3.63) is 78.5 Å². The Morgan fingerprint density at radius 2 is 1.62 bits per heavy atom. The summed E-state index contributed by atoms with van der Waals surface area (Å²) < 4.78 is 0. The quantitative estimate of drug-likeness (QED) is 0.311. The second kappa shape index (κ2) is 9.09. The van der Waals surface area contributed by atoms with Gasteiger partial charge >= 0.3 is 0 Å². The van der Waals surface area contributed by atoms with Gasteiger partial charge < -0.3 is 4.98 Å². The molecule has 1 aromatic heterocycles. The van der Waals surface area contributed by atoms with Crippen LogP contribution in [0.4, 0.5) is 0 Å². The maximum atomic E-state index is 5.08. The number of H-pyrrole nitrogens is 1. The van der Waals surface area contributed by atoms with Crippen LogP contribution in [0, 0.1) is 5.92 Å². The molecule has 29 heavy (non-hydrogen) atoms. The lowest BCUT2D eigenvalue weighted by Gasteiger charge is -2.09. The van der Waals surface area contributed by atoms with E-state index in [9.17, 15) is 0 Å². The summed E-state index contributed by atoms with van der Waals surface area (Å²) in [7, 11) is 0. The predicted molar refractivity (Wildman–Crippen MR) is 124 cm³/mol. The molecule has 1 N–H and O–H groups in total. The SMILES string of the molecule is CCC(C)CCCCc1[nH]c(-c2ccccc2)nc1-c1cccc2ccccc12. The van der Waals surface area contributed by atoms with Gasteiger partial charge in [-0.15, -0.1) is 0 Å². The molecule has 0 aliphatic rings. The Balaban J connectivity index is 1.70. The summed E-state index contributed by atoms with van der Waals surface area (Å²) in [6, 6.07) is 25.5. The second-order valence-corrected chi connectivity index (χ2v) is 8.06. The predicted octanol–water partition coefficient (Wildman–Crippen LogP) is 7.66. The van der Waals surface area contributed by atoms with Crippen molar-refractivity contribution in [3.8, 4) is 22.6 Å². The third-order valence-corrected chi connectivity index (χ3v) is 5.94. The first-order chi connectivity index (χ1) is 14.3. The highest BCUT2D eigenvalue weighted by molar-refractivity contribution is 5.96. The molecule has 0 aliphatic carbocycles. The van der Waals surface area contributed by atoms with Crippen LogP contribution in [0.15, 0.2) is 72.8 Å². The molecule has 0 bridgehead atoms. The number of benzene rings is 3. The smallest absolute Gasteiger partial charge is 0.138 e. The summed E-state index contributed by atoms with van der Waals surface area (Å²) in [5.41, 5.74) is 4.71. The van der Waals surface area contributed by atoms with Crippen LogP contribution in [0.3, 0.4) is 0 Å². The number of imidazole rings is 1. The fourth-order valence-electron chi connectivity index (χ4n) is 3.98. The first-order valence-corrected chi connectivity index (χ1v) is 10.9. The van der Waals surface area contributed by atoms with E-state index < -0.39 is 0 Å². The van der Waals surface area contributed by atoms with Gasteiger partial charge in [0.2, 0.25) is 0 Å². The summed E-state index contributed by atoms with van der Waals surface area (Å²) in [6.45, 7) is 4.63. The van der Waals surface area contributed by atoms with Crippen molar-refractivity contribution in [1.29, 1.82) is 0 Å². The Morgan fingerprint density at radius 3 is 2.45 bits per heavy atom. The topological polar surface area (TPSA) is 28.7 Å². The molecule has 4 rings (SSSR count). The molecule has 0 spiro atoms. The van der Waals surface area contributed by atoms with Crippen molar-refractivity contribution >= 4 is 10.8 Å². The van der Waals surface area contributed by atoms with E-state index in [1.807, 2.05) is 6.07 Å². The molecule has 0 amide bonds. The van der Waals surface area contributed by atoms with Gasteiger partial charge in [-0.25, -0.2) is 4.98 Å². The van der Waals surface area contributed by atoms with Crippen molar-refractivity contribution in [2.45, 2.75) is 46.0 Å². The van der Waals surface area contributed by atoms with Gasteiger partial charge in [-0.2, -0.15) is 0 Å². The molecule has 3 aromatic carbocycles. The van der Waals surface area contributed by atoms with Crippen LogP contribution in [-0.2, 0) is 6.42 Å². The summed E-state index contributed by atoms with van der Waals surface area (Å²) >= 11 is 0. The molecule has 0 radical (unpaired) electrons. The number of nitrogens with one attached hydrogen (secondary N) is 1. The minimum absolute atomic E-state index is 0.814. The van der Waals surface area contributed by atoms with E-state index in [4.69, 9.17) is 4.98 Å². The average Bonchev–Trinajstić information content (AvgIpc) is 3.20. The number of aryl methyl sites for hydroxylation is 1. The molecule has 0 fully saturated rings. The number of rotatable bonds is 8. The van der Waals surface area contributed by atoms with Crippen molar-refractivity contribution in [1.82, 2.24) is 9.97 Å². The van der Waals surface area contributed by atoms with Crippen molar-refractivity contribution in [2.75, 3.05) is 0 Å². The number of unbranched alkanes of at least 4 members (excludes halogenated alkanes) is 1. The number of nitrogens with zero attached hydrogens (tertiary/aromatic N) is 1. The number of aromatic amines is 1. The highest BCUT2D eigenvalue weighted by Gasteiger charge is 2.15. The van der Waals surface area contributed by atoms with E-state index in [2.05, 4.69) is 85.6 Å². The van der Waals surface area contributed by atoms with E-state index >= 15 is 0 Å². The first kappa shape index (κ1) is 19.4. The Hall–Kier alpha value is -2.87. The van der Waals surface area contributed by atoms with E-state index in [-0.39, 0.29) is 0 Å². The monoisotopic (exact) mass is 382 g/mol. The highest BCUT2D eigenvalue weighted by Crippen LogP contribution is 2.32. The van der Waals surface area contributed by atoms with E-state index in [1.165, 1.54) is 47.7 Å². The highest BCUT2D eigenvalue weighted by atomic mass is 14.9. The average molecular weight is 383 g/mol. The van der Waals surface area contributed by atoms with Gasteiger partial charge in [0.1, 0.15) is 5.82 Å². The summed E-state index contributed by atoms with van der Waals surface area (Å²) in [6.07, 6.45) is 6.07. The largest absolute Gasteiger partial charge is 0.341 e. The lowest BCUT2D eigenvalue weighted by Crippen LogP contribution is -1.95.